The number of aliphatic hydroxyl groups is 3. The minimum Gasteiger partial charge on any atom is -0.394 e. The Bertz CT molecular complexity index is 650. The van der Waals surface area contributed by atoms with E-state index in [1.165, 1.54) is 0 Å². The molecule has 1 aliphatic rings. The van der Waals surface area contributed by atoms with E-state index in [1.807, 2.05) is 22.6 Å². The van der Waals surface area contributed by atoms with Gasteiger partial charge < -0.3 is 30.8 Å². The Morgan fingerprint density at radius 3 is 2.65 bits per heavy atom. The first-order chi connectivity index (χ1) is 9.51. The predicted octanol–water partition coefficient (Wildman–Crippen LogP) is -1.31. The van der Waals surface area contributed by atoms with Crippen LogP contribution in [-0.4, -0.2) is 60.2 Å². The molecule has 1 fully saturated rings. The zero-order chi connectivity index (χ0) is 14.4. The standard InChI is InChI=1S/C10H12IN5O4/c11-7-3-8(16-10(12)14-7)15-9(13-3)6-5(19)4(18)2(1-17)20-6/h2,4-6,17-19H,1H2,(H3,12,13,14,15,16)/t2-,4-,5+,6-/m1/s1. The van der Waals surface area contributed by atoms with Gasteiger partial charge in [0.15, 0.2) is 5.65 Å². The van der Waals surface area contributed by atoms with Gasteiger partial charge in [0, 0.05) is 0 Å². The van der Waals surface area contributed by atoms with E-state index in [-0.39, 0.29) is 12.6 Å². The van der Waals surface area contributed by atoms with Crippen LogP contribution in [0.25, 0.3) is 11.2 Å². The first-order valence-corrected chi connectivity index (χ1v) is 6.90. The summed E-state index contributed by atoms with van der Waals surface area (Å²) in [6.07, 6.45) is -4.07. The van der Waals surface area contributed by atoms with Crippen molar-refractivity contribution in [3.05, 3.63) is 9.53 Å². The number of hydrogen-bond donors (Lipinski definition) is 5. The van der Waals surface area contributed by atoms with Gasteiger partial charge in [-0.3, -0.25) is 0 Å². The fourth-order valence-corrected chi connectivity index (χ4v) is 2.78. The van der Waals surface area contributed by atoms with E-state index >= 15 is 0 Å². The normalized spacial score (nSPS) is 30.2. The number of rotatable bonds is 2. The van der Waals surface area contributed by atoms with Gasteiger partial charge in [0.05, 0.1) is 6.61 Å². The molecular weight excluding hydrogens is 381 g/mol. The highest BCUT2D eigenvalue weighted by atomic mass is 127. The third kappa shape index (κ3) is 2.13. The molecule has 20 heavy (non-hydrogen) atoms. The van der Waals surface area contributed by atoms with E-state index in [0.717, 1.165) is 0 Å². The number of nitrogens with two attached hydrogens (primary N) is 1. The number of nitrogen functional groups attached to an aromatic ring is 1. The molecule has 0 bridgehead atoms. The van der Waals surface area contributed by atoms with Gasteiger partial charge in [-0.15, -0.1) is 0 Å². The number of anilines is 1. The van der Waals surface area contributed by atoms with Crippen LogP contribution in [0.2, 0.25) is 0 Å². The molecule has 9 nitrogen and oxygen atoms in total. The van der Waals surface area contributed by atoms with Crippen LogP contribution in [0.1, 0.15) is 11.9 Å². The molecule has 2 aromatic rings. The lowest BCUT2D eigenvalue weighted by molar-refractivity contribution is -0.0249. The SMILES string of the molecule is Nc1nc(I)c2[nH]c([C@@H]3O[C@H](CO)[C@@H](O)[C@@H]3O)nc2n1. The number of nitrogens with one attached hydrogen (secondary N) is 1. The summed E-state index contributed by atoms with van der Waals surface area (Å²) in [6, 6.07) is 0. The van der Waals surface area contributed by atoms with Crippen molar-refractivity contribution in [1.82, 2.24) is 19.9 Å². The summed E-state index contributed by atoms with van der Waals surface area (Å²) in [4.78, 5) is 15.1. The van der Waals surface area contributed by atoms with Crippen LogP contribution in [0, 0.1) is 3.70 Å². The number of aromatic amines is 1. The second-order valence-electron chi connectivity index (χ2n) is 4.45. The number of fused-ring (bicyclic) bond motifs is 1. The van der Waals surface area contributed by atoms with E-state index < -0.39 is 24.4 Å². The maximum atomic E-state index is 9.95. The minimum atomic E-state index is -1.18. The molecule has 0 spiro atoms. The summed E-state index contributed by atoms with van der Waals surface area (Å²) >= 11 is 1.99. The van der Waals surface area contributed by atoms with Crippen molar-refractivity contribution in [2.75, 3.05) is 12.3 Å². The molecule has 1 saturated heterocycles. The Morgan fingerprint density at radius 1 is 1.25 bits per heavy atom. The lowest BCUT2D eigenvalue weighted by Gasteiger charge is -2.11. The Balaban J connectivity index is 2.01. The van der Waals surface area contributed by atoms with E-state index in [9.17, 15) is 10.2 Å². The topological polar surface area (TPSA) is 150 Å². The molecule has 0 radical (unpaired) electrons. The zero-order valence-corrected chi connectivity index (χ0v) is 12.2. The van der Waals surface area contributed by atoms with Crippen LogP contribution in [0.3, 0.4) is 0 Å². The highest BCUT2D eigenvalue weighted by Crippen LogP contribution is 2.33. The molecule has 6 N–H and O–H groups in total. The summed E-state index contributed by atoms with van der Waals surface area (Å²) < 4.78 is 5.99. The van der Waals surface area contributed by atoms with E-state index in [1.54, 1.807) is 0 Å². The summed E-state index contributed by atoms with van der Waals surface area (Å²) in [6.45, 7) is -0.390. The molecule has 1 aliphatic heterocycles. The van der Waals surface area contributed by atoms with Crippen LogP contribution in [0.15, 0.2) is 0 Å². The van der Waals surface area contributed by atoms with Gasteiger partial charge in [0.25, 0.3) is 0 Å². The fraction of sp³-hybridized carbons (Fsp3) is 0.500. The van der Waals surface area contributed by atoms with Gasteiger partial charge >= 0.3 is 0 Å². The van der Waals surface area contributed by atoms with Crippen LogP contribution < -0.4 is 5.73 Å². The molecule has 0 amide bonds. The largest absolute Gasteiger partial charge is 0.394 e. The number of imidazole rings is 1. The highest BCUT2D eigenvalue weighted by Gasteiger charge is 2.44. The van der Waals surface area contributed by atoms with Crippen LogP contribution in [0.4, 0.5) is 5.95 Å². The van der Waals surface area contributed by atoms with E-state index in [0.29, 0.717) is 20.7 Å². The van der Waals surface area contributed by atoms with Crippen LogP contribution in [0.5, 0.6) is 0 Å². The second kappa shape index (κ2) is 5.04. The van der Waals surface area contributed by atoms with Crippen molar-refractivity contribution in [2.45, 2.75) is 24.4 Å². The van der Waals surface area contributed by atoms with Crippen molar-refractivity contribution >= 4 is 39.7 Å². The molecule has 0 aliphatic carbocycles. The lowest BCUT2D eigenvalue weighted by atomic mass is 10.1. The first-order valence-electron chi connectivity index (χ1n) is 5.82. The monoisotopic (exact) mass is 393 g/mol. The molecule has 4 atom stereocenters. The third-order valence-electron chi connectivity index (χ3n) is 3.15. The minimum absolute atomic E-state index is 0.0982. The van der Waals surface area contributed by atoms with Crippen molar-refractivity contribution in [1.29, 1.82) is 0 Å². The maximum Gasteiger partial charge on any atom is 0.223 e. The quantitative estimate of drug-likeness (QED) is 0.312. The molecular formula is C10H12IN5O4. The number of halogens is 1. The maximum absolute atomic E-state index is 9.95. The molecule has 3 rings (SSSR count). The Kier molecular flexibility index (Phi) is 3.50. The van der Waals surface area contributed by atoms with E-state index in [4.69, 9.17) is 15.6 Å². The van der Waals surface area contributed by atoms with E-state index in [2.05, 4.69) is 19.9 Å². The van der Waals surface area contributed by atoms with Crippen molar-refractivity contribution < 1.29 is 20.1 Å². The molecule has 0 saturated carbocycles. The summed E-state index contributed by atoms with van der Waals surface area (Å²) in [7, 11) is 0. The Morgan fingerprint density at radius 2 is 2.00 bits per heavy atom. The number of aliphatic hydroxyl groups excluding tert-OH is 3. The van der Waals surface area contributed by atoms with Crippen molar-refractivity contribution in [3.8, 4) is 0 Å². The highest BCUT2D eigenvalue weighted by molar-refractivity contribution is 14.1. The predicted molar refractivity (Wildman–Crippen MR) is 75.5 cm³/mol. The van der Waals surface area contributed by atoms with Crippen molar-refractivity contribution in [3.63, 3.8) is 0 Å². The van der Waals surface area contributed by atoms with Gasteiger partial charge in [0.1, 0.15) is 39.5 Å². The first kappa shape index (κ1) is 13.9. The van der Waals surface area contributed by atoms with Crippen LogP contribution >= 0.6 is 22.6 Å². The summed E-state index contributed by atoms with van der Waals surface area (Å²) in [5.41, 5.74) is 6.48. The number of hydrogen-bond acceptors (Lipinski definition) is 8. The second-order valence-corrected chi connectivity index (χ2v) is 5.47. The Hall–Kier alpha value is -1.08. The van der Waals surface area contributed by atoms with Gasteiger partial charge in [-0.1, -0.05) is 0 Å². The Labute approximate surface area is 126 Å². The molecule has 0 unspecified atom stereocenters. The van der Waals surface area contributed by atoms with Gasteiger partial charge in [-0.2, -0.15) is 4.98 Å². The zero-order valence-electron chi connectivity index (χ0n) is 10.1. The fourth-order valence-electron chi connectivity index (χ4n) is 2.16. The molecule has 10 heteroatoms. The van der Waals surface area contributed by atoms with Gasteiger partial charge in [-0.05, 0) is 22.6 Å². The van der Waals surface area contributed by atoms with Gasteiger partial charge in [0.2, 0.25) is 5.95 Å². The van der Waals surface area contributed by atoms with Gasteiger partial charge in [-0.25, -0.2) is 9.97 Å². The molecule has 2 aromatic heterocycles. The van der Waals surface area contributed by atoms with Crippen molar-refractivity contribution in [2.24, 2.45) is 0 Å². The number of aromatic nitrogens is 4. The number of ether oxygens (including phenoxy) is 1. The average molecular weight is 393 g/mol. The average Bonchev–Trinajstić information content (AvgIpc) is 2.93. The van der Waals surface area contributed by atoms with Crippen LogP contribution in [-0.2, 0) is 4.74 Å². The smallest absolute Gasteiger partial charge is 0.223 e. The third-order valence-corrected chi connectivity index (χ3v) is 3.93. The molecule has 3 heterocycles. The number of H-pyrrole nitrogens is 1. The lowest BCUT2D eigenvalue weighted by Crippen LogP contribution is -2.32. The summed E-state index contributed by atoms with van der Waals surface area (Å²) in [5.74, 6) is 0.404. The number of nitrogens with zero attached hydrogens (tertiary/aromatic N) is 3. The molecule has 108 valence electrons. The molecule has 0 aromatic carbocycles. The summed E-state index contributed by atoms with van der Waals surface area (Å²) in [5, 5.41) is 28.8.